The highest BCUT2D eigenvalue weighted by atomic mass is 16.5. The van der Waals surface area contributed by atoms with Crippen molar-refractivity contribution in [3.8, 4) is 11.5 Å². The first kappa shape index (κ1) is 24.5. The normalized spacial score (nSPS) is 20.2. The quantitative estimate of drug-likeness (QED) is 0.270. The molecule has 8 nitrogen and oxygen atoms in total. The van der Waals surface area contributed by atoms with E-state index in [1.165, 1.54) is 12.0 Å². The molecule has 8 heteroatoms. The van der Waals surface area contributed by atoms with Gasteiger partial charge in [0.05, 0.1) is 39.0 Å². The maximum absolute atomic E-state index is 13.1. The lowest BCUT2D eigenvalue weighted by Gasteiger charge is -2.28. The summed E-state index contributed by atoms with van der Waals surface area (Å²) in [4.78, 5) is 29.8. The molecule has 1 unspecified atom stereocenters. The molecular weight excluding hydrogens is 448 g/mol. The van der Waals surface area contributed by atoms with E-state index in [2.05, 4.69) is 11.5 Å². The summed E-state index contributed by atoms with van der Waals surface area (Å²) in [7, 11) is 3.14. The summed E-state index contributed by atoms with van der Waals surface area (Å²) in [6, 6.07) is 11.6. The number of methoxy groups -OCH3 is 2. The number of ether oxygens (including phenoxy) is 3. The van der Waals surface area contributed by atoms with Crippen molar-refractivity contribution in [3.63, 3.8) is 0 Å². The van der Waals surface area contributed by atoms with Gasteiger partial charge in [-0.15, -0.1) is 6.58 Å². The minimum Gasteiger partial charge on any atom is -0.507 e. The first-order valence-electron chi connectivity index (χ1n) is 11.5. The number of amides is 1. The molecule has 0 radical (unpaired) electrons. The van der Waals surface area contributed by atoms with Crippen LogP contribution in [-0.2, 0) is 20.9 Å². The lowest BCUT2D eigenvalue weighted by Crippen LogP contribution is -2.35. The molecule has 1 N–H and O–H groups in total. The van der Waals surface area contributed by atoms with Gasteiger partial charge in [0.25, 0.3) is 11.7 Å². The van der Waals surface area contributed by atoms with Gasteiger partial charge < -0.3 is 24.2 Å². The zero-order valence-corrected chi connectivity index (χ0v) is 20.0. The monoisotopic (exact) mass is 478 g/mol. The van der Waals surface area contributed by atoms with Crippen LogP contribution in [0.15, 0.2) is 60.7 Å². The Balaban J connectivity index is 1.81. The zero-order valence-electron chi connectivity index (χ0n) is 20.0. The molecule has 4 rings (SSSR count). The Hall–Kier alpha value is -3.62. The number of Topliss-reactive ketones (excluding diaryl/α,β-unsaturated/α-hetero) is 1. The third kappa shape index (κ3) is 4.94. The van der Waals surface area contributed by atoms with Crippen LogP contribution in [0, 0.1) is 0 Å². The van der Waals surface area contributed by atoms with Gasteiger partial charge in [-0.1, -0.05) is 24.3 Å². The van der Waals surface area contributed by atoms with Crippen molar-refractivity contribution in [3.05, 3.63) is 77.4 Å². The molecule has 0 bridgehead atoms. The highest BCUT2D eigenvalue weighted by Gasteiger charge is 2.45. The van der Waals surface area contributed by atoms with E-state index in [0.29, 0.717) is 42.4 Å². The largest absolute Gasteiger partial charge is 0.507 e. The van der Waals surface area contributed by atoms with Gasteiger partial charge in [0.15, 0.2) is 0 Å². The highest BCUT2D eigenvalue weighted by molar-refractivity contribution is 6.46. The molecule has 35 heavy (non-hydrogen) atoms. The number of morpholine rings is 1. The standard InChI is InChI=1S/C27H30N2O6/c1-4-10-29-24(18-8-9-22(34-3)20(15-18)17-28-11-13-35-14-12-28)23(26(31)27(29)32)25(30)19-6-5-7-21(16-19)33-2/h4-9,15-16,24,30H,1,10-14,17H2,2-3H3/b25-23+. The Morgan fingerprint density at radius 1 is 1.14 bits per heavy atom. The van der Waals surface area contributed by atoms with Gasteiger partial charge in [-0.05, 0) is 29.8 Å². The lowest BCUT2D eigenvalue weighted by atomic mass is 9.93. The third-order valence-corrected chi connectivity index (χ3v) is 6.33. The molecule has 2 saturated heterocycles. The molecular formula is C27H30N2O6. The molecule has 1 amide bonds. The third-order valence-electron chi connectivity index (χ3n) is 6.33. The molecule has 0 saturated carbocycles. The second kappa shape index (κ2) is 10.8. The van der Waals surface area contributed by atoms with Crippen molar-refractivity contribution in [1.29, 1.82) is 0 Å². The average Bonchev–Trinajstić information content (AvgIpc) is 3.14. The van der Waals surface area contributed by atoms with Crippen molar-refractivity contribution in [2.75, 3.05) is 47.1 Å². The zero-order chi connectivity index (χ0) is 24.9. The van der Waals surface area contributed by atoms with Crippen LogP contribution in [0.2, 0.25) is 0 Å². The van der Waals surface area contributed by atoms with Crippen LogP contribution in [-0.4, -0.2) is 73.7 Å². The fourth-order valence-corrected chi connectivity index (χ4v) is 4.57. The molecule has 1 atom stereocenters. The summed E-state index contributed by atoms with van der Waals surface area (Å²) in [5.41, 5.74) is 2.07. The highest BCUT2D eigenvalue weighted by Crippen LogP contribution is 2.41. The number of aliphatic hydroxyl groups excluding tert-OH is 1. The van der Waals surface area contributed by atoms with E-state index < -0.39 is 17.7 Å². The molecule has 2 fully saturated rings. The molecule has 2 aromatic rings. The number of rotatable bonds is 8. The van der Waals surface area contributed by atoms with E-state index in [0.717, 1.165) is 18.7 Å². The number of likely N-dealkylation sites (tertiary alicyclic amines) is 1. The van der Waals surface area contributed by atoms with Crippen molar-refractivity contribution in [2.24, 2.45) is 0 Å². The van der Waals surface area contributed by atoms with Crippen molar-refractivity contribution >= 4 is 17.4 Å². The number of nitrogens with zero attached hydrogens (tertiary/aromatic N) is 2. The number of ketones is 1. The Labute approximate surface area is 205 Å². The van der Waals surface area contributed by atoms with Crippen molar-refractivity contribution in [1.82, 2.24) is 9.80 Å². The number of hydrogen-bond acceptors (Lipinski definition) is 7. The second-order valence-corrected chi connectivity index (χ2v) is 8.43. The Morgan fingerprint density at radius 3 is 2.60 bits per heavy atom. The van der Waals surface area contributed by atoms with E-state index in [9.17, 15) is 14.7 Å². The van der Waals surface area contributed by atoms with E-state index in [1.807, 2.05) is 18.2 Å². The molecule has 2 aromatic carbocycles. The summed E-state index contributed by atoms with van der Waals surface area (Å²) >= 11 is 0. The maximum Gasteiger partial charge on any atom is 0.295 e. The molecule has 2 aliphatic heterocycles. The van der Waals surface area contributed by atoms with E-state index in [4.69, 9.17) is 14.2 Å². The van der Waals surface area contributed by atoms with Crippen LogP contribution in [0.3, 0.4) is 0 Å². The van der Waals surface area contributed by atoms with Crippen LogP contribution in [0.25, 0.3) is 5.76 Å². The Bertz CT molecular complexity index is 1150. The smallest absolute Gasteiger partial charge is 0.295 e. The predicted molar refractivity (Wildman–Crippen MR) is 131 cm³/mol. The van der Waals surface area contributed by atoms with Gasteiger partial charge in [0, 0.05) is 37.3 Å². The number of carbonyl (C=O) groups is 2. The fraction of sp³-hybridized carbons (Fsp3) is 0.333. The van der Waals surface area contributed by atoms with Gasteiger partial charge in [0.1, 0.15) is 17.3 Å². The number of benzene rings is 2. The van der Waals surface area contributed by atoms with Gasteiger partial charge in [-0.25, -0.2) is 0 Å². The van der Waals surface area contributed by atoms with E-state index >= 15 is 0 Å². The summed E-state index contributed by atoms with van der Waals surface area (Å²) in [6.07, 6.45) is 1.57. The van der Waals surface area contributed by atoms with Crippen molar-refractivity contribution < 1.29 is 28.9 Å². The molecule has 2 aliphatic rings. The molecule has 184 valence electrons. The van der Waals surface area contributed by atoms with Crippen molar-refractivity contribution in [2.45, 2.75) is 12.6 Å². The van der Waals surface area contributed by atoms with Gasteiger partial charge in [-0.2, -0.15) is 0 Å². The summed E-state index contributed by atoms with van der Waals surface area (Å²) < 4.78 is 16.3. The molecule has 2 heterocycles. The first-order valence-corrected chi connectivity index (χ1v) is 11.5. The number of hydrogen-bond donors (Lipinski definition) is 1. The molecule has 0 aromatic heterocycles. The topological polar surface area (TPSA) is 88.5 Å². The van der Waals surface area contributed by atoms with Crippen LogP contribution < -0.4 is 9.47 Å². The van der Waals surface area contributed by atoms with Gasteiger partial charge in [0.2, 0.25) is 0 Å². The maximum atomic E-state index is 13.1. The summed E-state index contributed by atoms with van der Waals surface area (Å²) in [5.74, 6) is -0.408. The predicted octanol–water partition coefficient (Wildman–Crippen LogP) is 3.14. The number of carbonyl (C=O) groups excluding carboxylic acids is 2. The van der Waals surface area contributed by atoms with E-state index in [-0.39, 0.29) is 17.9 Å². The van der Waals surface area contributed by atoms with Crippen LogP contribution >= 0.6 is 0 Å². The average molecular weight is 479 g/mol. The van der Waals surface area contributed by atoms with Gasteiger partial charge >= 0.3 is 0 Å². The Kier molecular flexibility index (Phi) is 7.53. The first-order chi connectivity index (χ1) is 17.0. The fourth-order valence-electron chi connectivity index (χ4n) is 4.57. The van der Waals surface area contributed by atoms with E-state index in [1.54, 1.807) is 37.5 Å². The number of aliphatic hydroxyl groups is 1. The summed E-state index contributed by atoms with van der Waals surface area (Å²) in [6.45, 7) is 7.49. The SMILES string of the molecule is C=CCN1C(=O)C(=O)/C(=C(/O)c2cccc(OC)c2)C1c1ccc(OC)c(CN2CCOCC2)c1. The molecule has 0 spiro atoms. The summed E-state index contributed by atoms with van der Waals surface area (Å²) in [5, 5.41) is 11.2. The molecule has 0 aliphatic carbocycles. The minimum atomic E-state index is -0.770. The van der Waals surface area contributed by atoms with Gasteiger partial charge in [-0.3, -0.25) is 14.5 Å². The van der Waals surface area contributed by atoms with Crippen LogP contribution in [0.1, 0.15) is 22.7 Å². The minimum absolute atomic E-state index is 0.0348. The lowest BCUT2D eigenvalue weighted by molar-refractivity contribution is -0.139. The second-order valence-electron chi connectivity index (χ2n) is 8.43. The van der Waals surface area contributed by atoms with Crippen LogP contribution in [0.5, 0.6) is 11.5 Å². The van der Waals surface area contributed by atoms with Crippen LogP contribution in [0.4, 0.5) is 0 Å². The Morgan fingerprint density at radius 2 is 1.91 bits per heavy atom.